The number of hydrogen-bond acceptors (Lipinski definition) is 5. The van der Waals surface area contributed by atoms with E-state index in [2.05, 4.69) is 10.2 Å². The number of hydrogen-bond donors (Lipinski definition) is 3. The van der Waals surface area contributed by atoms with Gasteiger partial charge in [-0.15, -0.1) is 0 Å². The second-order valence-corrected chi connectivity index (χ2v) is 8.90. The fourth-order valence-corrected chi connectivity index (χ4v) is 4.59. The second kappa shape index (κ2) is 9.79. The first kappa shape index (κ1) is 22.6. The Morgan fingerprint density at radius 3 is 2.40 bits per heavy atom. The van der Waals surface area contributed by atoms with Gasteiger partial charge >= 0.3 is 0 Å². The summed E-state index contributed by atoms with van der Waals surface area (Å²) in [4.78, 5) is 28.6. The van der Waals surface area contributed by atoms with Crippen molar-refractivity contribution < 1.29 is 19.8 Å². The van der Waals surface area contributed by atoms with Crippen molar-refractivity contribution in [3.63, 3.8) is 0 Å². The Bertz CT molecular complexity index is 759. The highest BCUT2D eigenvalue weighted by Crippen LogP contribution is 2.26. The number of carbonyl (C=O) groups is 2. The molecule has 1 aliphatic heterocycles. The molecule has 2 amide bonds. The SMILES string of the molecule is CC(=O)N1CCN([C@@H]2CCCC[C@@H](NC(=O)c3cc(C(C)C)ccc3O)[C@H]2O)CC1. The number of amides is 2. The summed E-state index contributed by atoms with van der Waals surface area (Å²) in [7, 11) is 0. The summed E-state index contributed by atoms with van der Waals surface area (Å²) in [5, 5.41) is 24.3. The van der Waals surface area contributed by atoms with Gasteiger partial charge < -0.3 is 20.4 Å². The van der Waals surface area contributed by atoms with Gasteiger partial charge in [-0.1, -0.05) is 32.8 Å². The summed E-state index contributed by atoms with van der Waals surface area (Å²) < 4.78 is 0. The van der Waals surface area contributed by atoms with Gasteiger partial charge in [0.05, 0.1) is 17.7 Å². The molecule has 1 heterocycles. The Kier molecular flexibility index (Phi) is 7.36. The number of aromatic hydroxyl groups is 1. The number of benzene rings is 1. The van der Waals surface area contributed by atoms with Crippen LogP contribution in [0.3, 0.4) is 0 Å². The van der Waals surface area contributed by atoms with E-state index in [9.17, 15) is 19.8 Å². The maximum atomic E-state index is 12.9. The van der Waals surface area contributed by atoms with Gasteiger partial charge in [0, 0.05) is 39.1 Å². The summed E-state index contributed by atoms with van der Waals surface area (Å²) in [6.45, 7) is 8.49. The highest BCUT2D eigenvalue weighted by Gasteiger charge is 2.36. The van der Waals surface area contributed by atoms with Gasteiger partial charge in [-0.05, 0) is 36.5 Å². The van der Waals surface area contributed by atoms with E-state index in [0.717, 1.165) is 37.9 Å². The summed E-state index contributed by atoms with van der Waals surface area (Å²) in [6.07, 6.45) is 2.83. The number of rotatable bonds is 4. The number of carbonyl (C=O) groups excluding carboxylic acids is 2. The van der Waals surface area contributed by atoms with E-state index in [4.69, 9.17) is 0 Å². The van der Waals surface area contributed by atoms with Crippen LogP contribution >= 0.6 is 0 Å². The number of phenols is 1. The van der Waals surface area contributed by atoms with Crippen LogP contribution in [-0.4, -0.2) is 76.2 Å². The lowest BCUT2D eigenvalue weighted by molar-refractivity contribution is -0.131. The molecule has 0 aromatic heterocycles. The molecule has 3 rings (SSSR count). The van der Waals surface area contributed by atoms with E-state index in [1.54, 1.807) is 19.1 Å². The normalized spacial score (nSPS) is 25.8. The van der Waals surface area contributed by atoms with Crippen LogP contribution in [0.5, 0.6) is 5.75 Å². The zero-order valence-corrected chi connectivity index (χ0v) is 18.3. The third-order valence-electron chi connectivity index (χ3n) is 6.55. The average Bonchev–Trinajstić information content (AvgIpc) is 2.89. The van der Waals surface area contributed by atoms with Crippen molar-refractivity contribution in [2.75, 3.05) is 26.2 Å². The molecule has 0 bridgehead atoms. The summed E-state index contributed by atoms with van der Waals surface area (Å²) in [5.74, 6) is -0.0543. The molecule has 0 radical (unpaired) electrons. The average molecular weight is 418 g/mol. The van der Waals surface area contributed by atoms with E-state index < -0.39 is 6.10 Å². The summed E-state index contributed by atoms with van der Waals surface area (Å²) in [6, 6.07) is 4.72. The number of nitrogens with zero attached hydrogens (tertiary/aromatic N) is 2. The van der Waals surface area contributed by atoms with Crippen molar-refractivity contribution in [1.82, 2.24) is 15.1 Å². The highest BCUT2D eigenvalue weighted by atomic mass is 16.3. The molecule has 1 saturated carbocycles. The van der Waals surface area contributed by atoms with Crippen molar-refractivity contribution in [3.05, 3.63) is 29.3 Å². The molecule has 1 aliphatic carbocycles. The summed E-state index contributed by atoms with van der Waals surface area (Å²) >= 11 is 0. The number of aliphatic hydroxyl groups excluding tert-OH is 1. The molecule has 3 N–H and O–H groups in total. The topological polar surface area (TPSA) is 93.1 Å². The van der Waals surface area contributed by atoms with E-state index >= 15 is 0 Å². The van der Waals surface area contributed by atoms with Gasteiger partial charge in [-0.25, -0.2) is 0 Å². The number of phenolic OH excluding ortho intramolecular Hbond substituents is 1. The van der Waals surface area contributed by atoms with Gasteiger partial charge in [0.2, 0.25) is 5.91 Å². The maximum absolute atomic E-state index is 12.9. The first-order chi connectivity index (χ1) is 14.3. The van der Waals surface area contributed by atoms with Crippen molar-refractivity contribution in [3.8, 4) is 5.75 Å². The second-order valence-electron chi connectivity index (χ2n) is 8.90. The number of aliphatic hydroxyl groups is 1. The van der Waals surface area contributed by atoms with Crippen molar-refractivity contribution in [2.45, 2.75) is 70.6 Å². The van der Waals surface area contributed by atoms with Gasteiger partial charge in [0.1, 0.15) is 5.75 Å². The molecule has 7 heteroatoms. The quantitative estimate of drug-likeness (QED) is 0.653. The van der Waals surface area contributed by atoms with Crippen LogP contribution in [0.25, 0.3) is 0 Å². The zero-order chi connectivity index (χ0) is 21.8. The maximum Gasteiger partial charge on any atom is 0.255 e. The van der Waals surface area contributed by atoms with Gasteiger partial charge in [-0.3, -0.25) is 14.5 Å². The van der Waals surface area contributed by atoms with Crippen molar-refractivity contribution in [1.29, 1.82) is 0 Å². The van der Waals surface area contributed by atoms with Gasteiger partial charge in [-0.2, -0.15) is 0 Å². The fraction of sp³-hybridized carbons (Fsp3) is 0.652. The van der Waals surface area contributed by atoms with Crippen LogP contribution in [0.1, 0.15) is 68.3 Å². The van der Waals surface area contributed by atoms with Gasteiger partial charge in [0.25, 0.3) is 5.91 Å². The molecule has 30 heavy (non-hydrogen) atoms. The molecular weight excluding hydrogens is 382 g/mol. The van der Waals surface area contributed by atoms with Crippen LogP contribution in [0.2, 0.25) is 0 Å². The largest absolute Gasteiger partial charge is 0.507 e. The van der Waals surface area contributed by atoms with Crippen molar-refractivity contribution >= 4 is 11.8 Å². The Morgan fingerprint density at radius 1 is 1.10 bits per heavy atom. The first-order valence-electron chi connectivity index (χ1n) is 11.1. The minimum atomic E-state index is -0.684. The minimum absolute atomic E-state index is 0.0393. The highest BCUT2D eigenvalue weighted by molar-refractivity contribution is 5.97. The summed E-state index contributed by atoms with van der Waals surface area (Å²) in [5.41, 5.74) is 1.24. The molecule has 1 aromatic rings. The first-order valence-corrected chi connectivity index (χ1v) is 11.1. The number of piperazine rings is 1. The lowest BCUT2D eigenvalue weighted by Crippen LogP contribution is -2.58. The Labute approximate surface area is 179 Å². The Balaban J connectivity index is 1.69. The minimum Gasteiger partial charge on any atom is -0.507 e. The van der Waals surface area contributed by atoms with E-state index in [1.165, 1.54) is 0 Å². The zero-order valence-electron chi connectivity index (χ0n) is 18.3. The Hall–Kier alpha value is -2.12. The van der Waals surface area contributed by atoms with Crippen LogP contribution in [-0.2, 0) is 4.79 Å². The predicted molar refractivity (Wildman–Crippen MR) is 116 cm³/mol. The van der Waals surface area contributed by atoms with Crippen LogP contribution in [0.4, 0.5) is 0 Å². The molecule has 7 nitrogen and oxygen atoms in total. The standard InChI is InChI=1S/C23H35N3O4/c1-15(2)17-8-9-21(28)18(14-17)23(30)24-19-6-4-5-7-20(22(19)29)26-12-10-25(11-13-26)16(3)27/h8-9,14-15,19-20,22,28-29H,4-7,10-13H2,1-3H3,(H,24,30)/t19-,20-,22-/m1/s1. The smallest absolute Gasteiger partial charge is 0.255 e. The lowest BCUT2D eigenvalue weighted by Gasteiger charge is -2.41. The molecule has 1 saturated heterocycles. The van der Waals surface area contributed by atoms with Crippen LogP contribution < -0.4 is 5.32 Å². The van der Waals surface area contributed by atoms with E-state index in [-0.39, 0.29) is 41.1 Å². The van der Waals surface area contributed by atoms with Gasteiger partial charge in [0.15, 0.2) is 0 Å². The molecule has 1 aromatic carbocycles. The third-order valence-corrected chi connectivity index (χ3v) is 6.55. The molecular formula is C23H35N3O4. The van der Waals surface area contributed by atoms with E-state index in [1.807, 2.05) is 24.8 Å². The van der Waals surface area contributed by atoms with Crippen molar-refractivity contribution in [2.24, 2.45) is 0 Å². The molecule has 0 spiro atoms. The van der Waals surface area contributed by atoms with E-state index in [0.29, 0.717) is 19.5 Å². The van der Waals surface area contributed by atoms with Crippen LogP contribution in [0, 0.1) is 0 Å². The third kappa shape index (κ3) is 5.13. The lowest BCUT2D eigenvalue weighted by atomic mass is 9.97. The predicted octanol–water partition coefficient (Wildman–Crippen LogP) is 2.08. The molecule has 0 unspecified atom stereocenters. The fourth-order valence-electron chi connectivity index (χ4n) is 4.59. The monoisotopic (exact) mass is 417 g/mol. The molecule has 2 aliphatic rings. The molecule has 2 fully saturated rings. The molecule has 3 atom stereocenters. The van der Waals surface area contributed by atoms with Crippen LogP contribution in [0.15, 0.2) is 18.2 Å². The number of nitrogens with one attached hydrogen (secondary N) is 1. The molecule has 166 valence electrons. The Morgan fingerprint density at radius 2 is 1.77 bits per heavy atom.